The number of ether oxygens (including phenoxy) is 1. The van der Waals surface area contributed by atoms with Crippen molar-refractivity contribution in [3.63, 3.8) is 0 Å². The van der Waals surface area contributed by atoms with Gasteiger partial charge in [-0.1, -0.05) is 6.07 Å². The average Bonchev–Trinajstić information content (AvgIpc) is 3.18. The Hall–Kier alpha value is -3.09. The monoisotopic (exact) mass is 394 g/mol. The van der Waals surface area contributed by atoms with Crippen LogP contribution in [0.15, 0.2) is 47.0 Å². The molecule has 152 valence electrons. The lowest BCUT2D eigenvalue weighted by molar-refractivity contribution is -0.122. The molecular weight excluding hydrogens is 368 g/mol. The van der Waals surface area contributed by atoms with Crippen molar-refractivity contribution >= 4 is 23.0 Å². The fraction of sp³-hybridized carbons (Fsp3) is 0.409. The summed E-state index contributed by atoms with van der Waals surface area (Å²) in [5.74, 6) is 1.15. The van der Waals surface area contributed by atoms with Gasteiger partial charge in [-0.15, -0.1) is 0 Å². The lowest BCUT2D eigenvalue weighted by Gasteiger charge is -2.31. The zero-order chi connectivity index (χ0) is 20.1. The first-order chi connectivity index (χ1) is 14.2. The summed E-state index contributed by atoms with van der Waals surface area (Å²) in [6.07, 6.45) is 5.10. The van der Waals surface area contributed by atoms with Crippen molar-refractivity contribution in [1.29, 1.82) is 0 Å². The first-order valence-corrected chi connectivity index (χ1v) is 10.1. The molecule has 1 aliphatic heterocycles. The van der Waals surface area contributed by atoms with Crippen LogP contribution >= 0.6 is 0 Å². The molecule has 4 rings (SSSR count). The number of nitrogens with zero attached hydrogens (tertiary/aromatic N) is 3. The van der Waals surface area contributed by atoms with Gasteiger partial charge in [-0.2, -0.15) is 4.98 Å². The molecule has 1 amide bonds. The SMILES string of the molecule is COc1ccc2oc(N3CCCC(CC(=O)NCCc4ccccn4)C3)nc2c1. The fourth-order valence-corrected chi connectivity index (χ4v) is 3.77. The molecule has 3 heterocycles. The van der Waals surface area contributed by atoms with Crippen molar-refractivity contribution < 1.29 is 13.9 Å². The highest BCUT2D eigenvalue weighted by molar-refractivity contribution is 5.77. The van der Waals surface area contributed by atoms with Gasteiger partial charge < -0.3 is 19.4 Å². The number of fused-ring (bicyclic) bond motifs is 1. The van der Waals surface area contributed by atoms with Crippen LogP contribution in [-0.4, -0.2) is 42.6 Å². The number of carbonyl (C=O) groups excluding carboxylic acids is 1. The Bertz CT molecular complexity index is 957. The molecule has 0 radical (unpaired) electrons. The molecule has 29 heavy (non-hydrogen) atoms. The van der Waals surface area contributed by atoms with E-state index in [4.69, 9.17) is 9.15 Å². The molecule has 1 aromatic carbocycles. The molecule has 7 heteroatoms. The average molecular weight is 394 g/mol. The van der Waals surface area contributed by atoms with E-state index in [2.05, 4.69) is 20.2 Å². The van der Waals surface area contributed by atoms with Crippen molar-refractivity contribution in [3.8, 4) is 5.75 Å². The van der Waals surface area contributed by atoms with Crippen LogP contribution in [0, 0.1) is 5.92 Å². The molecule has 0 saturated carbocycles. The number of piperidine rings is 1. The number of hydrogen-bond donors (Lipinski definition) is 1. The van der Waals surface area contributed by atoms with Crippen LogP contribution in [0.1, 0.15) is 25.0 Å². The first kappa shape index (κ1) is 19.2. The van der Waals surface area contributed by atoms with E-state index in [0.717, 1.165) is 54.9 Å². The molecule has 1 fully saturated rings. The second-order valence-electron chi connectivity index (χ2n) is 7.41. The maximum absolute atomic E-state index is 12.4. The van der Waals surface area contributed by atoms with Gasteiger partial charge in [-0.3, -0.25) is 9.78 Å². The molecule has 2 aromatic heterocycles. The topological polar surface area (TPSA) is 80.5 Å². The normalized spacial score (nSPS) is 16.7. The van der Waals surface area contributed by atoms with Crippen LogP contribution in [0.4, 0.5) is 6.01 Å². The van der Waals surface area contributed by atoms with Crippen molar-refractivity contribution in [2.75, 3.05) is 31.6 Å². The minimum atomic E-state index is 0.0927. The number of pyridine rings is 1. The molecule has 0 bridgehead atoms. The second-order valence-corrected chi connectivity index (χ2v) is 7.41. The van der Waals surface area contributed by atoms with Gasteiger partial charge in [-0.25, -0.2) is 0 Å². The standard InChI is InChI=1S/C22H26N4O3/c1-28-18-7-8-20-19(14-18)25-22(29-20)26-12-4-5-16(15-26)13-21(27)24-11-9-17-6-2-3-10-23-17/h2-3,6-8,10,14,16H,4-5,9,11-13,15H2,1H3,(H,24,27). The van der Waals surface area contributed by atoms with Gasteiger partial charge >= 0.3 is 0 Å². The van der Waals surface area contributed by atoms with Gasteiger partial charge in [0.05, 0.1) is 7.11 Å². The summed E-state index contributed by atoms with van der Waals surface area (Å²) in [6, 6.07) is 12.1. The predicted molar refractivity (Wildman–Crippen MR) is 111 cm³/mol. The molecule has 1 unspecified atom stereocenters. The van der Waals surface area contributed by atoms with Gasteiger partial charge in [0.1, 0.15) is 11.3 Å². The van der Waals surface area contributed by atoms with Crippen LogP contribution < -0.4 is 15.0 Å². The highest BCUT2D eigenvalue weighted by Crippen LogP contribution is 2.29. The Morgan fingerprint density at radius 2 is 2.28 bits per heavy atom. The summed E-state index contributed by atoms with van der Waals surface area (Å²) < 4.78 is 11.2. The van der Waals surface area contributed by atoms with Crippen molar-refractivity contribution in [2.45, 2.75) is 25.7 Å². The summed E-state index contributed by atoms with van der Waals surface area (Å²) in [6.45, 7) is 2.28. The van der Waals surface area contributed by atoms with E-state index in [1.807, 2.05) is 36.4 Å². The Labute approximate surface area is 170 Å². The number of aromatic nitrogens is 2. The minimum Gasteiger partial charge on any atom is -0.497 e. The van der Waals surface area contributed by atoms with E-state index in [1.54, 1.807) is 13.3 Å². The Morgan fingerprint density at radius 3 is 3.10 bits per heavy atom. The summed E-state index contributed by atoms with van der Waals surface area (Å²) in [5, 5.41) is 3.02. The minimum absolute atomic E-state index is 0.0927. The van der Waals surface area contributed by atoms with Gasteiger partial charge in [0, 0.05) is 50.4 Å². The summed E-state index contributed by atoms with van der Waals surface area (Å²) in [5.41, 5.74) is 2.52. The van der Waals surface area contributed by atoms with E-state index < -0.39 is 0 Å². The van der Waals surface area contributed by atoms with E-state index in [-0.39, 0.29) is 5.91 Å². The molecule has 0 spiro atoms. The maximum atomic E-state index is 12.4. The molecular formula is C22H26N4O3. The summed E-state index contributed by atoms with van der Waals surface area (Å²) in [4.78, 5) is 23.4. The van der Waals surface area contributed by atoms with Crippen molar-refractivity contribution in [3.05, 3.63) is 48.3 Å². The lowest BCUT2D eigenvalue weighted by Crippen LogP contribution is -2.38. The highest BCUT2D eigenvalue weighted by atomic mass is 16.5. The van der Waals surface area contributed by atoms with Crippen molar-refractivity contribution in [2.24, 2.45) is 5.92 Å². The quantitative estimate of drug-likeness (QED) is 0.663. The molecule has 0 aliphatic carbocycles. The number of nitrogens with one attached hydrogen (secondary N) is 1. The number of amides is 1. The fourth-order valence-electron chi connectivity index (χ4n) is 3.77. The van der Waals surface area contributed by atoms with E-state index in [0.29, 0.717) is 24.9 Å². The molecule has 7 nitrogen and oxygen atoms in total. The predicted octanol–water partition coefficient (Wildman–Crippen LogP) is 3.20. The van der Waals surface area contributed by atoms with Gasteiger partial charge in [0.25, 0.3) is 6.01 Å². The lowest BCUT2D eigenvalue weighted by atomic mass is 9.94. The second kappa shape index (κ2) is 8.94. The zero-order valence-corrected chi connectivity index (χ0v) is 16.6. The van der Waals surface area contributed by atoms with Crippen LogP contribution in [0.3, 0.4) is 0 Å². The Kier molecular flexibility index (Phi) is 5.93. The van der Waals surface area contributed by atoms with Crippen LogP contribution in [0.2, 0.25) is 0 Å². The number of hydrogen-bond acceptors (Lipinski definition) is 6. The molecule has 1 N–H and O–H groups in total. The third-order valence-corrected chi connectivity index (χ3v) is 5.28. The number of benzene rings is 1. The Morgan fingerprint density at radius 1 is 1.34 bits per heavy atom. The van der Waals surface area contributed by atoms with Crippen molar-refractivity contribution in [1.82, 2.24) is 15.3 Å². The zero-order valence-electron chi connectivity index (χ0n) is 16.6. The van der Waals surface area contributed by atoms with Gasteiger partial charge in [-0.05, 0) is 43.0 Å². The number of carbonyl (C=O) groups is 1. The largest absolute Gasteiger partial charge is 0.497 e. The first-order valence-electron chi connectivity index (χ1n) is 10.1. The summed E-state index contributed by atoms with van der Waals surface area (Å²) >= 11 is 0. The number of rotatable bonds is 7. The molecule has 1 aliphatic rings. The third-order valence-electron chi connectivity index (χ3n) is 5.28. The number of methoxy groups -OCH3 is 1. The van der Waals surface area contributed by atoms with Crippen LogP contribution in [0.5, 0.6) is 5.75 Å². The molecule has 1 saturated heterocycles. The van der Waals surface area contributed by atoms with E-state index in [1.165, 1.54) is 0 Å². The number of anilines is 1. The highest BCUT2D eigenvalue weighted by Gasteiger charge is 2.25. The van der Waals surface area contributed by atoms with E-state index >= 15 is 0 Å². The number of oxazole rings is 1. The molecule has 1 atom stereocenters. The van der Waals surface area contributed by atoms with Gasteiger partial charge in [0.15, 0.2) is 5.58 Å². The maximum Gasteiger partial charge on any atom is 0.298 e. The Balaban J connectivity index is 1.30. The smallest absolute Gasteiger partial charge is 0.298 e. The summed E-state index contributed by atoms with van der Waals surface area (Å²) in [7, 11) is 1.64. The van der Waals surface area contributed by atoms with E-state index in [9.17, 15) is 4.79 Å². The van der Waals surface area contributed by atoms with Gasteiger partial charge in [0.2, 0.25) is 5.91 Å². The molecule has 3 aromatic rings. The van der Waals surface area contributed by atoms with Crippen LogP contribution in [0.25, 0.3) is 11.1 Å². The third kappa shape index (κ3) is 4.85. The van der Waals surface area contributed by atoms with Crippen LogP contribution in [-0.2, 0) is 11.2 Å².